The fourth-order valence-electron chi connectivity index (χ4n) is 3.89. The van der Waals surface area contributed by atoms with Crippen LogP contribution in [0.4, 0.5) is 0 Å². The Balaban J connectivity index is 1.35. The largest absolute Gasteiger partial charge is 0.348 e. The van der Waals surface area contributed by atoms with E-state index < -0.39 is 9.84 Å². The minimum Gasteiger partial charge on any atom is -0.348 e. The quantitative estimate of drug-likeness (QED) is 0.877. The van der Waals surface area contributed by atoms with Gasteiger partial charge in [0, 0.05) is 31.2 Å². The summed E-state index contributed by atoms with van der Waals surface area (Å²) in [5, 5.41) is 2.83. The Kier molecular flexibility index (Phi) is 5.02. The van der Waals surface area contributed by atoms with Crippen molar-refractivity contribution < 1.29 is 13.2 Å². The van der Waals surface area contributed by atoms with E-state index in [1.165, 1.54) is 16.7 Å². The third-order valence-corrected chi connectivity index (χ3v) is 7.17. The van der Waals surface area contributed by atoms with Crippen LogP contribution in [0.25, 0.3) is 0 Å². The van der Waals surface area contributed by atoms with Crippen LogP contribution in [-0.2, 0) is 29.3 Å². The highest BCUT2D eigenvalue weighted by Gasteiger charge is 2.29. The standard InChI is InChI=1S/C21H24N2O3S/c24-21(22-20-10-12-27(25,26)15-20)18-7-5-16(6-8-18)13-23-11-9-17-3-1-2-4-19(17)14-23/h1-8,20H,9-15H2,(H,22,24). The molecular formula is C21H24N2O3S. The number of sulfone groups is 1. The van der Waals surface area contributed by atoms with Crippen molar-refractivity contribution in [1.29, 1.82) is 0 Å². The molecule has 5 nitrogen and oxygen atoms in total. The normalized spacial score (nSPS) is 21.6. The van der Waals surface area contributed by atoms with Gasteiger partial charge in [-0.15, -0.1) is 0 Å². The van der Waals surface area contributed by atoms with Crippen LogP contribution in [0.15, 0.2) is 48.5 Å². The van der Waals surface area contributed by atoms with Crippen LogP contribution < -0.4 is 5.32 Å². The van der Waals surface area contributed by atoms with Gasteiger partial charge in [0.1, 0.15) is 0 Å². The monoisotopic (exact) mass is 384 g/mol. The van der Waals surface area contributed by atoms with E-state index in [0.29, 0.717) is 12.0 Å². The van der Waals surface area contributed by atoms with E-state index in [0.717, 1.165) is 26.1 Å². The number of nitrogens with one attached hydrogen (secondary N) is 1. The molecule has 1 saturated heterocycles. The lowest BCUT2D eigenvalue weighted by molar-refractivity contribution is 0.0941. The highest BCUT2D eigenvalue weighted by Crippen LogP contribution is 2.20. The molecular weight excluding hydrogens is 360 g/mol. The van der Waals surface area contributed by atoms with Gasteiger partial charge in [-0.05, 0) is 41.7 Å². The van der Waals surface area contributed by atoms with Crippen LogP contribution in [-0.4, -0.2) is 43.3 Å². The summed E-state index contributed by atoms with van der Waals surface area (Å²) in [5.74, 6) is 0.0128. The zero-order chi connectivity index (χ0) is 18.9. The molecule has 1 amide bonds. The van der Waals surface area contributed by atoms with Gasteiger partial charge in [0.05, 0.1) is 11.5 Å². The van der Waals surface area contributed by atoms with Crippen molar-refractivity contribution >= 4 is 15.7 Å². The minimum atomic E-state index is -2.99. The van der Waals surface area contributed by atoms with Crippen molar-refractivity contribution in [3.63, 3.8) is 0 Å². The summed E-state index contributed by atoms with van der Waals surface area (Å²) in [6, 6.07) is 15.9. The second-order valence-electron chi connectivity index (χ2n) is 7.50. The van der Waals surface area contributed by atoms with E-state index in [1.54, 1.807) is 0 Å². The fourth-order valence-corrected chi connectivity index (χ4v) is 5.56. The lowest BCUT2D eigenvalue weighted by Gasteiger charge is -2.28. The third-order valence-electron chi connectivity index (χ3n) is 5.40. The molecule has 27 heavy (non-hydrogen) atoms. The number of rotatable bonds is 4. The molecule has 0 bridgehead atoms. The molecule has 0 aliphatic carbocycles. The van der Waals surface area contributed by atoms with E-state index in [1.807, 2.05) is 24.3 Å². The lowest BCUT2D eigenvalue weighted by atomic mass is 9.99. The molecule has 142 valence electrons. The first-order chi connectivity index (χ1) is 13.0. The molecule has 2 aliphatic rings. The summed E-state index contributed by atoms with van der Waals surface area (Å²) >= 11 is 0. The summed E-state index contributed by atoms with van der Waals surface area (Å²) in [6.07, 6.45) is 1.57. The Morgan fingerprint density at radius 3 is 2.52 bits per heavy atom. The molecule has 0 aromatic heterocycles. The van der Waals surface area contributed by atoms with Gasteiger partial charge in [-0.25, -0.2) is 8.42 Å². The van der Waals surface area contributed by atoms with Crippen LogP contribution in [0.2, 0.25) is 0 Å². The van der Waals surface area contributed by atoms with E-state index in [4.69, 9.17) is 0 Å². The number of hydrogen-bond donors (Lipinski definition) is 1. The van der Waals surface area contributed by atoms with Crippen LogP contribution in [0.1, 0.15) is 33.5 Å². The van der Waals surface area contributed by atoms with Gasteiger partial charge >= 0.3 is 0 Å². The van der Waals surface area contributed by atoms with E-state index in [2.05, 4.69) is 34.5 Å². The van der Waals surface area contributed by atoms with Crippen molar-refractivity contribution in [2.45, 2.75) is 32.0 Å². The van der Waals surface area contributed by atoms with Crippen molar-refractivity contribution in [3.05, 3.63) is 70.8 Å². The van der Waals surface area contributed by atoms with Crippen molar-refractivity contribution in [2.75, 3.05) is 18.1 Å². The second-order valence-corrected chi connectivity index (χ2v) is 9.73. The van der Waals surface area contributed by atoms with Gasteiger partial charge in [-0.2, -0.15) is 0 Å². The Morgan fingerprint density at radius 1 is 1.07 bits per heavy atom. The first-order valence-electron chi connectivity index (χ1n) is 9.38. The number of carbonyl (C=O) groups excluding carboxylic acids is 1. The molecule has 0 spiro atoms. The molecule has 2 aromatic rings. The predicted octanol–water partition coefficient (Wildman–Crippen LogP) is 2.16. The van der Waals surface area contributed by atoms with Gasteiger partial charge in [0.15, 0.2) is 9.84 Å². The zero-order valence-corrected chi connectivity index (χ0v) is 16.0. The summed E-state index contributed by atoms with van der Waals surface area (Å²) in [5.41, 5.74) is 4.59. The molecule has 0 radical (unpaired) electrons. The number of nitrogens with zero attached hydrogens (tertiary/aromatic N) is 1. The smallest absolute Gasteiger partial charge is 0.251 e. The summed E-state index contributed by atoms with van der Waals surface area (Å²) in [4.78, 5) is 14.8. The molecule has 1 fully saturated rings. The van der Waals surface area contributed by atoms with Crippen molar-refractivity contribution in [3.8, 4) is 0 Å². The third kappa shape index (κ3) is 4.39. The summed E-state index contributed by atoms with van der Waals surface area (Å²) in [6.45, 7) is 2.85. The molecule has 1 atom stereocenters. The second kappa shape index (κ2) is 7.44. The van der Waals surface area contributed by atoms with Gasteiger partial charge in [-0.3, -0.25) is 9.69 Å². The maximum absolute atomic E-state index is 12.3. The number of benzene rings is 2. The van der Waals surface area contributed by atoms with Crippen LogP contribution in [0.3, 0.4) is 0 Å². The fraction of sp³-hybridized carbons (Fsp3) is 0.381. The first kappa shape index (κ1) is 18.2. The number of carbonyl (C=O) groups is 1. The SMILES string of the molecule is O=C(NC1CCS(=O)(=O)C1)c1ccc(CN2CCc3ccccc3C2)cc1. The summed E-state index contributed by atoms with van der Waals surface area (Å²) < 4.78 is 23.0. The topological polar surface area (TPSA) is 66.5 Å². The van der Waals surface area contributed by atoms with E-state index >= 15 is 0 Å². The molecule has 4 rings (SSSR count). The molecule has 0 saturated carbocycles. The Morgan fingerprint density at radius 2 is 1.81 bits per heavy atom. The van der Waals surface area contributed by atoms with Gasteiger partial charge in [-0.1, -0.05) is 36.4 Å². The maximum atomic E-state index is 12.3. The molecule has 2 heterocycles. The molecule has 1 N–H and O–H groups in total. The van der Waals surface area contributed by atoms with Crippen LogP contribution >= 0.6 is 0 Å². The minimum absolute atomic E-state index is 0.0489. The molecule has 2 aliphatic heterocycles. The van der Waals surface area contributed by atoms with Crippen molar-refractivity contribution in [2.24, 2.45) is 0 Å². The van der Waals surface area contributed by atoms with Gasteiger partial charge in [0.25, 0.3) is 5.91 Å². The highest BCUT2D eigenvalue weighted by molar-refractivity contribution is 7.91. The predicted molar refractivity (Wildman–Crippen MR) is 105 cm³/mol. The van der Waals surface area contributed by atoms with Crippen LogP contribution in [0.5, 0.6) is 0 Å². The molecule has 6 heteroatoms. The Bertz CT molecular complexity index is 938. The lowest BCUT2D eigenvalue weighted by Crippen LogP contribution is -2.35. The Hall–Kier alpha value is -2.18. The van der Waals surface area contributed by atoms with E-state index in [9.17, 15) is 13.2 Å². The highest BCUT2D eigenvalue weighted by atomic mass is 32.2. The van der Waals surface area contributed by atoms with Gasteiger partial charge in [0.2, 0.25) is 0 Å². The average Bonchev–Trinajstić information content (AvgIpc) is 3.00. The summed E-state index contributed by atoms with van der Waals surface area (Å²) in [7, 11) is -2.99. The van der Waals surface area contributed by atoms with Crippen molar-refractivity contribution in [1.82, 2.24) is 10.2 Å². The average molecular weight is 385 g/mol. The molecule has 2 aromatic carbocycles. The number of fused-ring (bicyclic) bond motifs is 1. The first-order valence-corrected chi connectivity index (χ1v) is 11.2. The van der Waals surface area contributed by atoms with Gasteiger partial charge < -0.3 is 5.32 Å². The van der Waals surface area contributed by atoms with E-state index in [-0.39, 0.29) is 23.5 Å². The maximum Gasteiger partial charge on any atom is 0.251 e. The van der Waals surface area contributed by atoms with Crippen LogP contribution in [0, 0.1) is 0 Å². The Labute approximate surface area is 160 Å². The number of amides is 1. The number of hydrogen-bond acceptors (Lipinski definition) is 4. The zero-order valence-electron chi connectivity index (χ0n) is 15.2. The molecule has 1 unspecified atom stereocenters.